The van der Waals surface area contributed by atoms with Crippen LogP contribution in [0.3, 0.4) is 0 Å². The molecule has 0 aliphatic rings. The Morgan fingerprint density at radius 2 is 1.81 bits per heavy atom. The molecule has 0 aromatic heterocycles. The van der Waals surface area contributed by atoms with Crippen LogP contribution in [-0.4, -0.2) is 57.6 Å². The molecule has 0 unspecified atom stereocenters. The van der Waals surface area contributed by atoms with Gasteiger partial charge in [-0.05, 0) is 18.6 Å². The second kappa shape index (κ2) is 10.3. The second-order valence-electron chi connectivity index (χ2n) is 5.14. The zero-order valence-electron chi connectivity index (χ0n) is 15.0. The molecule has 0 heterocycles. The van der Waals surface area contributed by atoms with E-state index in [0.29, 0.717) is 6.42 Å². The van der Waals surface area contributed by atoms with Crippen LogP contribution >= 0.6 is 0 Å². The number of hydrogen-bond acceptors (Lipinski definition) is 8. The first kappa shape index (κ1) is 21.3. The highest BCUT2D eigenvalue weighted by atomic mass is 16.7. The second-order valence-corrected chi connectivity index (χ2v) is 5.14. The van der Waals surface area contributed by atoms with E-state index < -0.39 is 34.8 Å². The molecule has 0 saturated carbocycles. The number of amides is 1. The third-order valence-electron chi connectivity index (χ3n) is 3.65. The Labute approximate surface area is 150 Å². The van der Waals surface area contributed by atoms with Gasteiger partial charge in [-0.25, -0.2) is 4.79 Å². The Morgan fingerprint density at radius 3 is 2.31 bits per heavy atom. The molecule has 0 spiro atoms. The SMILES string of the molecule is COC(=O)[C@H](CCC(OC)OC)NC(=O)c1cccc(OC)c1[N+](=O)[O-]. The van der Waals surface area contributed by atoms with Crippen LogP contribution in [0.5, 0.6) is 5.75 Å². The summed E-state index contributed by atoms with van der Waals surface area (Å²) in [6.07, 6.45) is -0.110. The van der Waals surface area contributed by atoms with Crippen molar-refractivity contribution < 1.29 is 33.5 Å². The van der Waals surface area contributed by atoms with Crippen molar-refractivity contribution >= 4 is 17.6 Å². The number of esters is 1. The van der Waals surface area contributed by atoms with Crippen LogP contribution in [0.4, 0.5) is 5.69 Å². The number of methoxy groups -OCH3 is 4. The highest BCUT2D eigenvalue weighted by Gasteiger charge is 2.29. The summed E-state index contributed by atoms with van der Waals surface area (Å²) >= 11 is 0. The Balaban J connectivity index is 3.03. The Bertz CT molecular complexity index is 645. The molecule has 10 nitrogen and oxygen atoms in total. The molecule has 1 atom stereocenters. The van der Waals surface area contributed by atoms with E-state index in [2.05, 4.69) is 10.1 Å². The van der Waals surface area contributed by atoms with E-state index in [1.54, 1.807) is 0 Å². The summed E-state index contributed by atoms with van der Waals surface area (Å²) in [4.78, 5) is 35.0. The number of nitrogens with zero attached hydrogens (tertiary/aromatic N) is 1. The van der Waals surface area contributed by atoms with Crippen LogP contribution in [0, 0.1) is 10.1 Å². The fraction of sp³-hybridized carbons (Fsp3) is 0.500. The molecule has 1 amide bonds. The van der Waals surface area contributed by atoms with Gasteiger partial charge in [-0.3, -0.25) is 14.9 Å². The summed E-state index contributed by atoms with van der Waals surface area (Å²) in [7, 11) is 5.33. The minimum atomic E-state index is -1.02. The highest BCUT2D eigenvalue weighted by Crippen LogP contribution is 2.30. The molecule has 26 heavy (non-hydrogen) atoms. The number of hydrogen-bond donors (Lipinski definition) is 1. The largest absolute Gasteiger partial charge is 0.490 e. The van der Waals surface area contributed by atoms with E-state index in [0.717, 1.165) is 0 Å². The zero-order valence-corrected chi connectivity index (χ0v) is 15.0. The Morgan fingerprint density at radius 1 is 1.15 bits per heavy atom. The summed E-state index contributed by atoms with van der Waals surface area (Å²) in [5, 5.41) is 13.7. The monoisotopic (exact) mass is 370 g/mol. The first-order valence-corrected chi connectivity index (χ1v) is 7.65. The molecule has 1 rings (SSSR count). The highest BCUT2D eigenvalue weighted by molar-refractivity contribution is 6.01. The molecule has 0 aliphatic carbocycles. The van der Waals surface area contributed by atoms with Crippen molar-refractivity contribution in [3.8, 4) is 5.75 Å². The van der Waals surface area contributed by atoms with Gasteiger partial charge in [-0.1, -0.05) is 6.07 Å². The van der Waals surface area contributed by atoms with Gasteiger partial charge >= 0.3 is 11.7 Å². The lowest BCUT2D eigenvalue weighted by Crippen LogP contribution is -2.42. The molecule has 1 aromatic carbocycles. The summed E-state index contributed by atoms with van der Waals surface area (Å²) < 4.78 is 19.7. The maximum absolute atomic E-state index is 12.5. The van der Waals surface area contributed by atoms with Gasteiger partial charge in [0.15, 0.2) is 12.0 Å². The lowest BCUT2D eigenvalue weighted by Gasteiger charge is -2.19. The smallest absolute Gasteiger partial charge is 0.328 e. The molecule has 0 saturated heterocycles. The van der Waals surface area contributed by atoms with E-state index in [4.69, 9.17) is 14.2 Å². The Hall–Kier alpha value is -2.72. The van der Waals surface area contributed by atoms with Gasteiger partial charge in [0.2, 0.25) is 0 Å². The topological polar surface area (TPSA) is 126 Å². The first-order valence-electron chi connectivity index (χ1n) is 7.65. The summed E-state index contributed by atoms with van der Waals surface area (Å²) in [5.74, 6) is -1.54. The van der Waals surface area contributed by atoms with Crippen LogP contribution in [0.1, 0.15) is 23.2 Å². The van der Waals surface area contributed by atoms with Gasteiger partial charge in [0, 0.05) is 20.6 Å². The predicted octanol–water partition coefficient (Wildman–Crippen LogP) is 1.27. The number of ether oxygens (including phenoxy) is 4. The lowest BCUT2D eigenvalue weighted by molar-refractivity contribution is -0.386. The minimum absolute atomic E-state index is 0.0592. The number of rotatable bonds is 10. The van der Waals surface area contributed by atoms with Gasteiger partial charge in [-0.2, -0.15) is 0 Å². The van der Waals surface area contributed by atoms with Gasteiger partial charge in [0.1, 0.15) is 11.6 Å². The van der Waals surface area contributed by atoms with Crippen molar-refractivity contribution in [1.82, 2.24) is 5.32 Å². The maximum Gasteiger partial charge on any atom is 0.328 e. The van der Waals surface area contributed by atoms with E-state index in [-0.39, 0.29) is 17.7 Å². The molecule has 10 heteroatoms. The first-order chi connectivity index (χ1) is 12.4. The molecule has 0 radical (unpaired) electrons. The van der Waals surface area contributed by atoms with Gasteiger partial charge in [0.25, 0.3) is 5.91 Å². The molecule has 0 bridgehead atoms. The normalized spacial score (nSPS) is 11.7. The maximum atomic E-state index is 12.5. The van der Waals surface area contributed by atoms with Crippen LogP contribution in [-0.2, 0) is 19.0 Å². The number of benzene rings is 1. The lowest BCUT2D eigenvalue weighted by atomic mass is 10.1. The number of nitrogens with one attached hydrogen (secondary N) is 1. The van der Waals surface area contributed by atoms with E-state index in [9.17, 15) is 19.7 Å². The molecule has 1 aromatic rings. The van der Waals surface area contributed by atoms with Gasteiger partial charge in [-0.15, -0.1) is 0 Å². The number of para-hydroxylation sites is 1. The van der Waals surface area contributed by atoms with Crippen molar-refractivity contribution in [1.29, 1.82) is 0 Å². The Kier molecular flexibility index (Phi) is 8.46. The van der Waals surface area contributed by atoms with Crippen LogP contribution in [0.2, 0.25) is 0 Å². The number of nitro benzene ring substituents is 1. The quantitative estimate of drug-likeness (QED) is 0.282. The predicted molar refractivity (Wildman–Crippen MR) is 90.0 cm³/mol. The fourth-order valence-electron chi connectivity index (χ4n) is 2.32. The van der Waals surface area contributed by atoms with Crippen molar-refractivity contribution in [2.24, 2.45) is 0 Å². The summed E-state index contributed by atoms with van der Waals surface area (Å²) in [6, 6.07) is 3.07. The molecule has 1 N–H and O–H groups in total. The molecular weight excluding hydrogens is 348 g/mol. The van der Waals surface area contributed by atoms with Crippen molar-refractivity contribution in [3.63, 3.8) is 0 Å². The zero-order chi connectivity index (χ0) is 19.7. The fourth-order valence-corrected chi connectivity index (χ4v) is 2.32. The van der Waals surface area contributed by atoms with Gasteiger partial charge in [0.05, 0.1) is 19.1 Å². The van der Waals surface area contributed by atoms with Crippen LogP contribution in [0.15, 0.2) is 18.2 Å². The summed E-state index contributed by atoms with van der Waals surface area (Å²) in [6.45, 7) is 0. The van der Waals surface area contributed by atoms with Crippen molar-refractivity contribution in [2.45, 2.75) is 25.2 Å². The third-order valence-corrected chi connectivity index (χ3v) is 3.65. The summed E-state index contributed by atoms with van der Waals surface area (Å²) in [5.41, 5.74) is -0.707. The number of nitro groups is 1. The van der Waals surface area contributed by atoms with E-state index in [1.165, 1.54) is 46.6 Å². The minimum Gasteiger partial charge on any atom is -0.490 e. The van der Waals surface area contributed by atoms with E-state index >= 15 is 0 Å². The van der Waals surface area contributed by atoms with Crippen molar-refractivity contribution in [2.75, 3.05) is 28.4 Å². The standard InChI is InChI=1S/C16H22N2O8/c1-23-12-7-5-6-10(14(12)18(21)22)15(19)17-11(16(20)26-4)8-9-13(24-2)25-3/h5-7,11,13H,8-9H2,1-4H3,(H,17,19)/t11-/m0/s1. The van der Waals surface area contributed by atoms with Gasteiger partial charge < -0.3 is 24.3 Å². The molecule has 0 aliphatic heterocycles. The van der Waals surface area contributed by atoms with Crippen LogP contribution < -0.4 is 10.1 Å². The average Bonchev–Trinajstić information content (AvgIpc) is 2.65. The number of carbonyl (C=O) groups excluding carboxylic acids is 2. The van der Waals surface area contributed by atoms with Crippen molar-refractivity contribution in [3.05, 3.63) is 33.9 Å². The molecule has 144 valence electrons. The number of carbonyl (C=O) groups is 2. The molecule has 0 fully saturated rings. The third kappa shape index (κ3) is 5.39. The average molecular weight is 370 g/mol. The van der Waals surface area contributed by atoms with Crippen LogP contribution in [0.25, 0.3) is 0 Å². The van der Waals surface area contributed by atoms with E-state index in [1.807, 2.05) is 0 Å². The molecular formula is C16H22N2O8.